The molecule has 1 aromatic rings. The van der Waals surface area contributed by atoms with Crippen LogP contribution in [0.2, 0.25) is 0 Å². The van der Waals surface area contributed by atoms with Crippen LogP contribution in [0.5, 0.6) is 5.75 Å². The quantitative estimate of drug-likeness (QED) is 0.919. The van der Waals surface area contributed by atoms with Gasteiger partial charge in [-0.05, 0) is 48.9 Å². The third-order valence-electron chi connectivity index (χ3n) is 3.36. The van der Waals surface area contributed by atoms with E-state index in [1.54, 1.807) is 0 Å². The van der Waals surface area contributed by atoms with Crippen molar-refractivity contribution in [1.82, 2.24) is 0 Å². The fraction of sp³-hybridized carbons (Fsp3) is 0.571. The van der Waals surface area contributed by atoms with Gasteiger partial charge < -0.3 is 10.5 Å². The van der Waals surface area contributed by atoms with E-state index in [1.807, 2.05) is 18.2 Å². The Labute approximate surface area is 112 Å². The molecule has 2 unspecified atom stereocenters. The van der Waals surface area contributed by atoms with Gasteiger partial charge in [-0.3, -0.25) is 0 Å². The summed E-state index contributed by atoms with van der Waals surface area (Å²) in [6.45, 7) is 2.86. The van der Waals surface area contributed by atoms with E-state index in [2.05, 4.69) is 22.9 Å². The second kappa shape index (κ2) is 5.87. The van der Waals surface area contributed by atoms with Gasteiger partial charge in [-0.15, -0.1) is 0 Å². The largest absolute Gasteiger partial charge is 0.490 e. The zero-order chi connectivity index (χ0) is 12.3. The summed E-state index contributed by atoms with van der Waals surface area (Å²) < 4.78 is 7.10. The molecule has 1 fully saturated rings. The molecule has 0 aromatic heterocycles. The minimum atomic E-state index is 0.374. The average Bonchev–Trinajstić information content (AvgIpc) is 2.28. The Balaban J connectivity index is 2.04. The molecule has 1 aliphatic carbocycles. The molecule has 0 aliphatic heterocycles. The number of rotatable bonds is 3. The second-order valence-corrected chi connectivity index (χ2v) is 5.93. The molecule has 0 amide bonds. The Morgan fingerprint density at radius 1 is 1.35 bits per heavy atom. The molecule has 2 rings (SSSR count). The molecule has 1 saturated carbocycles. The average molecular weight is 298 g/mol. The normalized spacial score (nSPS) is 24.6. The first-order chi connectivity index (χ1) is 8.17. The third kappa shape index (κ3) is 3.71. The van der Waals surface area contributed by atoms with E-state index < -0.39 is 0 Å². The highest BCUT2D eigenvalue weighted by molar-refractivity contribution is 9.10. The highest BCUT2D eigenvalue weighted by Gasteiger charge is 2.20. The molecule has 0 saturated heterocycles. The maximum Gasteiger partial charge on any atom is 0.121 e. The van der Waals surface area contributed by atoms with E-state index in [1.165, 1.54) is 25.7 Å². The van der Waals surface area contributed by atoms with Gasteiger partial charge in [0.05, 0.1) is 6.10 Å². The maximum absolute atomic E-state index is 6.06. The van der Waals surface area contributed by atoms with Crippen molar-refractivity contribution in [1.29, 1.82) is 0 Å². The van der Waals surface area contributed by atoms with Crippen LogP contribution in [0.1, 0.15) is 38.2 Å². The lowest BCUT2D eigenvalue weighted by molar-refractivity contribution is 0.129. The molecule has 94 valence electrons. The minimum absolute atomic E-state index is 0.374. The first-order valence-electron chi connectivity index (χ1n) is 6.33. The molecule has 1 aromatic carbocycles. The van der Waals surface area contributed by atoms with Crippen LogP contribution in [0.3, 0.4) is 0 Å². The van der Waals surface area contributed by atoms with E-state index in [0.29, 0.717) is 12.6 Å². The predicted molar refractivity (Wildman–Crippen MR) is 74.1 cm³/mol. The Hall–Kier alpha value is -0.540. The standard InChI is InChI=1S/C14H20BrNO/c1-10-3-2-4-13(5-10)17-14-7-11(9-16)6-12(15)8-14/h6-8,10,13H,2-5,9,16H2,1H3. The van der Waals surface area contributed by atoms with Crippen LogP contribution >= 0.6 is 15.9 Å². The van der Waals surface area contributed by atoms with Crippen LogP contribution in [-0.2, 0) is 6.54 Å². The summed E-state index contributed by atoms with van der Waals surface area (Å²) in [7, 11) is 0. The smallest absolute Gasteiger partial charge is 0.121 e. The van der Waals surface area contributed by atoms with Crippen LogP contribution in [0.4, 0.5) is 0 Å². The SMILES string of the molecule is CC1CCCC(Oc2cc(Br)cc(CN)c2)C1. The summed E-state index contributed by atoms with van der Waals surface area (Å²) >= 11 is 3.49. The topological polar surface area (TPSA) is 35.2 Å². The lowest BCUT2D eigenvalue weighted by Crippen LogP contribution is -2.24. The summed E-state index contributed by atoms with van der Waals surface area (Å²) in [5.41, 5.74) is 6.78. The molecule has 0 bridgehead atoms. The molecule has 0 spiro atoms. The molecule has 2 N–H and O–H groups in total. The number of nitrogens with two attached hydrogens (primary N) is 1. The Morgan fingerprint density at radius 3 is 2.88 bits per heavy atom. The number of halogens is 1. The van der Waals surface area contributed by atoms with Crippen molar-refractivity contribution in [2.75, 3.05) is 0 Å². The molecule has 3 heteroatoms. The fourth-order valence-electron chi connectivity index (χ4n) is 2.48. The van der Waals surface area contributed by atoms with Gasteiger partial charge in [0.2, 0.25) is 0 Å². The molecule has 2 nitrogen and oxygen atoms in total. The highest BCUT2D eigenvalue weighted by atomic mass is 79.9. The van der Waals surface area contributed by atoms with Crippen LogP contribution in [0.15, 0.2) is 22.7 Å². The summed E-state index contributed by atoms with van der Waals surface area (Å²) in [4.78, 5) is 0. The summed E-state index contributed by atoms with van der Waals surface area (Å²) in [5.74, 6) is 1.73. The van der Waals surface area contributed by atoms with Crippen molar-refractivity contribution in [3.63, 3.8) is 0 Å². The van der Waals surface area contributed by atoms with Crippen molar-refractivity contribution in [2.45, 2.75) is 45.3 Å². The van der Waals surface area contributed by atoms with Crippen LogP contribution in [-0.4, -0.2) is 6.10 Å². The molecule has 0 radical (unpaired) electrons. The van der Waals surface area contributed by atoms with Gasteiger partial charge in [0, 0.05) is 11.0 Å². The maximum atomic E-state index is 6.06. The summed E-state index contributed by atoms with van der Waals surface area (Å²) in [6, 6.07) is 6.11. The van der Waals surface area contributed by atoms with Gasteiger partial charge in [-0.1, -0.05) is 29.3 Å². The van der Waals surface area contributed by atoms with Gasteiger partial charge in [-0.2, -0.15) is 0 Å². The number of benzene rings is 1. The highest BCUT2D eigenvalue weighted by Crippen LogP contribution is 2.29. The zero-order valence-corrected chi connectivity index (χ0v) is 11.9. The first-order valence-corrected chi connectivity index (χ1v) is 7.13. The molecule has 1 aliphatic rings. The predicted octanol–water partition coefficient (Wildman–Crippen LogP) is 3.87. The third-order valence-corrected chi connectivity index (χ3v) is 3.82. The summed E-state index contributed by atoms with van der Waals surface area (Å²) in [5, 5.41) is 0. The molecular formula is C14H20BrNO. The molecular weight excluding hydrogens is 278 g/mol. The van der Waals surface area contributed by atoms with E-state index in [4.69, 9.17) is 10.5 Å². The van der Waals surface area contributed by atoms with Crippen molar-refractivity contribution in [2.24, 2.45) is 11.7 Å². The van der Waals surface area contributed by atoms with Crippen LogP contribution < -0.4 is 10.5 Å². The van der Waals surface area contributed by atoms with E-state index in [9.17, 15) is 0 Å². The lowest BCUT2D eigenvalue weighted by atomic mass is 9.89. The monoisotopic (exact) mass is 297 g/mol. The molecule has 17 heavy (non-hydrogen) atoms. The van der Waals surface area contributed by atoms with Gasteiger partial charge >= 0.3 is 0 Å². The Kier molecular flexibility index (Phi) is 4.46. The van der Waals surface area contributed by atoms with Crippen molar-refractivity contribution in [3.05, 3.63) is 28.2 Å². The van der Waals surface area contributed by atoms with Gasteiger partial charge in [0.15, 0.2) is 0 Å². The van der Waals surface area contributed by atoms with Crippen molar-refractivity contribution in [3.8, 4) is 5.75 Å². The van der Waals surface area contributed by atoms with Gasteiger partial charge in [0.1, 0.15) is 5.75 Å². The van der Waals surface area contributed by atoms with Crippen molar-refractivity contribution >= 4 is 15.9 Å². The number of ether oxygens (including phenoxy) is 1. The molecule has 0 heterocycles. The van der Waals surface area contributed by atoms with Crippen LogP contribution in [0.25, 0.3) is 0 Å². The zero-order valence-electron chi connectivity index (χ0n) is 10.3. The lowest BCUT2D eigenvalue weighted by Gasteiger charge is -2.27. The Morgan fingerprint density at radius 2 is 2.18 bits per heavy atom. The van der Waals surface area contributed by atoms with Gasteiger partial charge in [-0.25, -0.2) is 0 Å². The fourth-order valence-corrected chi connectivity index (χ4v) is 3.00. The molecule has 2 atom stereocenters. The van der Waals surface area contributed by atoms with E-state index >= 15 is 0 Å². The van der Waals surface area contributed by atoms with E-state index in [-0.39, 0.29) is 0 Å². The first kappa shape index (κ1) is 12.9. The number of hydrogen-bond acceptors (Lipinski definition) is 2. The minimum Gasteiger partial charge on any atom is -0.490 e. The summed E-state index contributed by atoms with van der Waals surface area (Å²) in [6.07, 6.45) is 5.34. The number of hydrogen-bond donors (Lipinski definition) is 1. The van der Waals surface area contributed by atoms with E-state index in [0.717, 1.165) is 21.7 Å². The Bertz CT molecular complexity index is 380. The van der Waals surface area contributed by atoms with Crippen molar-refractivity contribution < 1.29 is 4.74 Å². The van der Waals surface area contributed by atoms with Gasteiger partial charge in [0.25, 0.3) is 0 Å². The van der Waals surface area contributed by atoms with Crippen LogP contribution in [0, 0.1) is 5.92 Å². The second-order valence-electron chi connectivity index (χ2n) is 5.01.